The zero-order chi connectivity index (χ0) is 28.2. The average molecular weight is 530 g/mol. The van der Waals surface area contributed by atoms with E-state index in [-0.39, 0.29) is 31.3 Å². The van der Waals surface area contributed by atoms with E-state index in [0.717, 1.165) is 31.1 Å². The van der Waals surface area contributed by atoms with E-state index in [1.54, 1.807) is 13.8 Å². The first-order chi connectivity index (χ1) is 17.4. The van der Waals surface area contributed by atoms with Gasteiger partial charge in [0.1, 0.15) is 5.60 Å². The lowest BCUT2D eigenvalue weighted by Crippen LogP contribution is -2.55. The summed E-state index contributed by atoms with van der Waals surface area (Å²) in [4.78, 5) is 63.6. The molecule has 1 heterocycles. The van der Waals surface area contributed by atoms with Crippen LogP contribution in [0.4, 0.5) is 4.79 Å². The molecular weight excluding hydrogens is 490 g/mol. The predicted molar refractivity (Wildman–Crippen MR) is 129 cm³/mol. The number of nitrogens with zero attached hydrogens (tertiary/aromatic N) is 1. The van der Waals surface area contributed by atoms with Gasteiger partial charge in [-0.05, 0) is 38.3 Å². The monoisotopic (exact) mass is 529 g/mol. The van der Waals surface area contributed by atoms with E-state index in [1.807, 2.05) is 13.8 Å². The highest BCUT2D eigenvalue weighted by Gasteiger charge is 2.54. The molecule has 1 aliphatic heterocycles. The number of imide groups is 1. The summed E-state index contributed by atoms with van der Waals surface area (Å²) in [5.74, 6) is -3.15. The summed E-state index contributed by atoms with van der Waals surface area (Å²) < 4.78 is 26.0. The molecule has 0 radical (unpaired) electrons. The third-order valence-electron chi connectivity index (χ3n) is 5.51. The highest BCUT2D eigenvalue weighted by Crippen LogP contribution is 2.35. The Balaban J connectivity index is 2.86. The molecule has 0 unspecified atom stereocenters. The number of aliphatic hydroxyl groups is 1. The third-order valence-corrected chi connectivity index (χ3v) is 5.51. The average Bonchev–Trinajstić information content (AvgIpc) is 3.06. The standard InChI is InChI=1S/C25H39NO11/c1-16(2)22-25(4,5)37-24(32)26(22)23(31)21(33-6)20(36-17(3)28)19(30)10-9-18(29)8-7-12-34-14-15-35-13-11-27/h9-10,16,20-22,27H,7-8,11-15H2,1-6H3/t20-,21+,22+/m0/s1. The number of ether oxygens (including phenoxy) is 5. The molecule has 0 bridgehead atoms. The molecule has 12 heteroatoms. The number of cyclic esters (lactones) is 1. The van der Waals surface area contributed by atoms with Crippen LogP contribution in [0.15, 0.2) is 12.2 Å². The second-order valence-electron chi connectivity index (χ2n) is 9.31. The van der Waals surface area contributed by atoms with Crippen molar-refractivity contribution in [2.75, 3.05) is 40.1 Å². The topological polar surface area (TPSA) is 155 Å². The molecule has 1 aliphatic rings. The van der Waals surface area contributed by atoms with Crippen LogP contribution in [0.1, 0.15) is 47.5 Å². The molecule has 0 aromatic heterocycles. The fourth-order valence-corrected chi connectivity index (χ4v) is 4.11. The van der Waals surface area contributed by atoms with E-state index < -0.39 is 47.6 Å². The van der Waals surface area contributed by atoms with Crippen molar-refractivity contribution in [2.45, 2.75) is 71.3 Å². The quantitative estimate of drug-likeness (QED) is 0.164. The zero-order valence-corrected chi connectivity index (χ0v) is 22.4. The summed E-state index contributed by atoms with van der Waals surface area (Å²) in [5.41, 5.74) is -0.984. The summed E-state index contributed by atoms with van der Waals surface area (Å²) in [6.45, 7) is 9.13. The van der Waals surface area contributed by atoms with Crippen molar-refractivity contribution >= 4 is 29.5 Å². The molecule has 1 fully saturated rings. The van der Waals surface area contributed by atoms with Crippen molar-refractivity contribution in [3.63, 3.8) is 0 Å². The van der Waals surface area contributed by atoms with Gasteiger partial charge in [-0.1, -0.05) is 13.8 Å². The number of ketones is 2. The molecule has 1 saturated heterocycles. The summed E-state index contributed by atoms with van der Waals surface area (Å²) in [5, 5.41) is 8.61. The smallest absolute Gasteiger partial charge is 0.417 e. The number of rotatable bonds is 17. The molecular formula is C25H39NO11. The van der Waals surface area contributed by atoms with Gasteiger partial charge < -0.3 is 28.8 Å². The van der Waals surface area contributed by atoms with Crippen LogP contribution in [-0.2, 0) is 42.9 Å². The molecule has 0 saturated carbocycles. The Kier molecular flexibility index (Phi) is 13.6. The molecule has 0 aliphatic carbocycles. The summed E-state index contributed by atoms with van der Waals surface area (Å²) >= 11 is 0. The van der Waals surface area contributed by atoms with E-state index in [4.69, 9.17) is 28.8 Å². The van der Waals surface area contributed by atoms with Crippen molar-refractivity contribution < 1.29 is 52.8 Å². The van der Waals surface area contributed by atoms with Crippen LogP contribution in [-0.4, -0.2) is 104 Å². The lowest BCUT2D eigenvalue weighted by molar-refractivity contribution is -0.166. The maximum Gasteiger partial charge on any atom is 0.417 e. The number of hydrogen-bond acceptors (Lipinski definition) is 11. The zero-order valence-electron chi connectivity index (χ0n) is 22.4. The number of allylic oxidation sites excluding steroid dienone is 1. The fourth-order valence-electron chi connectivity index (χ4n) is 4.11. The molecule has 0 aromatic rings. The van der Waals surface area contributed by atoms with Gasteiger partial charge in [-0.3, -0.25) is 19.2 Å². The van der Waals surface area contributed by atoms with E-state index in [1.165, 1.54) is 0 Å². The Bertz CT molecular complexity index is 836. The maximum atomic E-state index is 13.4. The molecule has 210 valence electrons. The normalized spacial score (nSPS) is 18.6. The van der Waals surface area contributed by atoms with Gasteiger partial charge in [-0.15, -0.1) is 0 Å². The number of carbonyl (C=O) groups is 5. The van der Waals surface area contributed by atoms with Crippen molar-refractivity contribution in [1.82, 2.24) is 4.90 Å². The molecule has 0 aromatic carbocycles. The van der Waals surface area contributed by atoms with Crippen LogP contribution < -0.4 is 0 Å². The van der Waals surface area contributed by atoms with E-state index in [9.17, 15) is 24.0 Å². The Morgan fingerprint density at radius 2 is 1.68 bits per heavy atom. The summed E-state index contributed by atoms with van der Waals surface area (Å²) in [6.07, 6.45) is -1.80. The van der Waals surface area contributed by atoms with Crippen LogP contribution in [0.2, 0.25) is 0 Å². The Labute approximate surface area is 217 Å². The second kappa shape index (κ2) is 15.6. The highest BCUT2D eigenvalue weighted by molar-refractivity contribution is 6.05. The Morgan fingerprint density at radius 3 is 2.22 bits per heavy atom. The van der Waals surface area contributed by atoms with E-state index in [2.05, 4.69) is 0 Å². The molecule has 37 heavy (non-hydrogen) atoms. The van der Waals surface area contributed by atoms with Gasteiger partial charge in [0.15, 0.2) is 23.8 Å². The number of methoxy groups -OCH3 is 1. The van der Waals surface area contributed by atoms with E-state index in [0.29, 0.717) is 26.2 Å². The molecule has 1 N–H and O–H groups in total. The van der Waals surface area contributed by atoms with Crippen LogP contribution in [0.3, 0.4) is 0 Å². The minimum atomic E-state index is -1.72. The molecule has 12 nitrogen and oxygen atoms in total. The van der Waals surface area contributed by atoms with Crippen molar-refractivity contribution in [2.24, 2.45) is 5.92 Å². The second-order valence-corrected chi connectivity index (χ2v) is 9.31. The number of amides is 2. The van der Waals surface area contributed by atoms with Crippen LogP contribution in [0.25, 0.3) is 0 Å². The molecule has 0 spiro atoms. The number of hydrogen-bond donors (Lipinski definition) is 1. The molecule has 3 atom stereocenters. The fraction of sp³-hybridized carbons (Fsp3) is 0.720. The number of esters is 1. The van der Waals surface area contributed by atoms with Crippen molar-refractivity contribution in [3.8, 4) is 0 Å². The molecule has 2 amide bonds. The SMILES string of the molecule is CO[C@@H](C(=O)N1C(=O)OC(C)(C)[C@H]1C(C)C)[C@@H](OC(C)=O)C(=O)C=CC(=O)CCCOCCOCCO. The largest absolute Gasteiger partial charge is 0.451 e. The highest BCUT2D eigenvalue weighted by atomic mass is 16.6. The van der Waals surface area contributed by atoms with Gasteiger partial charge in [0, 0.05) is 27.1 Å². The maximum absolute atomic E-state index is 13.4. The van der Waals surface area contributed by atoms with Gasteiger partial charge in [0.25, 0.3) is 5.91 Å². The van der Waals surface area contributed by atoms with Crippen LogP contribution in [0.5, 0.6) is 0 Å². The van der Waals surface area contributed by atoms with Crippen molar-refractivity contribution in [3.05, 3.63) is 12.2 Å². The minimum Gasteiger partial charge on any atom is -0.451 e. The van der Waals surface area contributed by atoms with Crippen LogP contribution >= 0.6 is 0 Å². The lowest BCUT2D eigenvalue weighted by atomic mass is 9.88. The summed E-state index contributed by atoms with van der Waals surface area (Å²) in [6, 6.07) is -0.654. The number of carbonyl (C=O) groups excluding carboxylic acids is 5. The van der Waals surface area contributed by atoms with Gasteiger partial charge in [0.05, 0.1) is 32.5 Å². The first kappa shape index (κ1) is 32.4. The van der Waals surface area contributed by atoms with Crippen molar-refractivity contribution in [1.29, 1.82) is 0 Å². The Hall–Kier alpha value is -2.67. The van der Waals surface area contributed by atoms with Gasteiger partial charge >= 0.3 is 12.1 Å². The lowest BCUT2D eigenvalue weighted by Gasteiger charge is -2.33. The first-order valence-electron chi connectivity index (χ1n) is 12.1. The first-order valence-corrected chi connectivity index (χ1v) is 12.1. The molecule has 1 rings (SSSR count). The summed E-state index contributed by atoms with van der Waals surface area (Å²) in [7, 11) is 1.15. The Morgan fingerprint density at radius 1 is 1.05 bits per heavy atom. The van der Waals surface area contributed by atoms with Gasteiger partial charge in [-0.25, -0.2) is 9.69 Å². The minimum absolute atomic E-state index is 0.0708. The predicted octanol–water partition coefficient (Wildman–Crippen LogP) is 1.22. The van der Waals surface area contributed by atoms with Gasteiger partial charge in [0.2, 0.25) is 0 Å². The van der Waals surface area contributed by atoms with E-state index >= 15 is 0 Å². The van der Waals surface area contributed by atoms with Crippen LogP contribution in [0, 0.1) is 5.92 Å². The van der Waals surface area contributed by atoms with Gasteiger partial charge in [-0.2, -0.15) is 0 Å². The third kappa shape index (κ3) is 9.95. The number of aliphatic hydroxyl groups excluding tert-OH is 1.